The molecule has 0 saturated heterocycles. The maximum atomic E-state index is 4.36. The molecule has 2 rings (SSSR count). The van der Waals surface area contributed by atoms with Gasteiger partial charge in [0, 0.05) is 18.7 Å². The van der Waals surface area contributed by atoms with E-state index in [1.807, 2.05) is 13.0 Å². The first-order valence-electron chi connectivity index (χ1n) is 5.64. The molecular formula is C11H18N4. The lowest BCUT2D eigenvalue weighted by atomic mass is 10.4. The molecule has 15 heavy (non-hydrogen) atoms. The molecule has 0 spiro atoms. The average Bonchev–Trinajstić information content (AvgIpc) is 2.98. The monoisotopic (exact) mass is 206 g/mol. The smallest absolute Gasteiger partial charge is 0.132 e. The van der Waals surface area contributed by atoms with E-state index < -0.39 is 0 Å². The Morgan fingerprint density at radius 1 is 1.33 bits per heavy atom. The molecule has 1 heterocycles. The van der Waals surface area contributed by atoms with Gasteiger partial charge in [0.2, 0.25) is 0 Å². The van der Waals surface area contributed by atoms with Crippen molar-refractivity contribution in [2.75, 3.05) is 17.2 Å². The van der Waals surface area contributed by atoms with Gasteiger partial charge >= 0.3 is 0 Å². The van der Waals surface area contributed by atoms with Crippen LogP contribution in [0.25, 0.3) is 0 Å². The topological polar surface area (TPSA) is 49.8 Å². The fraction of sp³-hybridized carbons (Fsp3) is 0.636. The Balaban J connectivity index is 2.05. The molecular weight excluding hydrogens is 188 g/mol. The van der Waals surface area contributed by atoms with E-state index in [1.54, 1.807) is 0 Å². The average molecular weight is 206 g/mol. The summed E-state index contributed by atoms with van der Waals surface area (Å²) in [4.78, 5) is 8.70. The Kier molecular flexibility index (Phi) is 3.04. The Morgan fingerprint density at radius 3 is 2.73 bits per heavy atom. The van der Waals surface area contributed by atoms with Crippen LogP contribution in [0.3, 0.4) is 0 Å². The van der Waals surface area contributed by atoms with Gasteiger partial charge in [0.25, 0.3) is 0 Å². The van der Waals surface area contributed by atoms with Gasteiger partial charge in [-0.3, -0.25) is 0 Å². The van der Waals surface area contributed by atoms with Gasteiger partial charge in [-0.2, -0.15) is 0 Å². The lowest BCUT2D eigenvalue weighted by Gasteiger charge is -2.08. The highest BCUT2D eigenvalue weighted by Gasteiger charge is 2.21. The third-order valence-corrected chi connectivity index (χ3v) is 2.32. The van der Waals surface area contributed by atoms with Crippen LogP contribution < -0.4 is 10.6 Å². The molecule has 0 unspecified atom stereocenters. The number of aromatic nitrogens is 2. The number of nitrogens with zero attached hydrogens (tertiary/aromatic N) is 2. The first-order chi connectivity index (χ1) is 7.28. The summed E-state index contributed by atoms with van der Waals surface area (Å²) in [5, 5.41) is 6.66. The van der Waals surface area contributed by atoms with E-state index in [-0.39, 0.29) is 0 Å². The van der Waals surface area contributed by atoms with Crippen molar-refractivity contribution in [2.45, 2.75) is 39.2 Å². The molecule has 0 amide bonds. The molecule has 1 aromatic heterocycles. The molecule has 4 heteroatoms. The van der Waals surface area contributed by atoms with Crippen LogP contribution >= 0.6 is 0 Å². The maximum Gasteiger partial charge on any atom is 0.132 e. The molecule has 0 aromatic carbocycles. The fourth-order valence-electron chi connectivity index (χ4n) is 1.42. The van der Waals surface area contributed by atoms with Crippen molar-refractivity contribution in [1.29, 1.82) is 0 Å². The quantitative estimate of drug-likeness (QED) is 0.775. The van der Waals surface area contributed by atoms with Crippen molar-refractivity contribution in [3.8, 4) is 0 Å². The molecule has 0 atom stereocenters. The molecule has 0 aliphatic heterocycles. The van der Waals surface area contributed by atoms with Crippen LogP contribution in [0.4, 0.5) is 11.6 Å². The minimum atomic E-state index is 0.637. The maximum absolute atomic E-state index is 4.36. The standard InChI is InChI=1S/C11H18N4/c1-3-6-12-10-7-11(14-8(2)13-10)15-9-4-5-9/h7,9H,3-6H2,1-2H3,(H2,12,13,14,15). The zero-order valence-corrected chi connectivity index (χ0v) is 9.38. The molecule has 2 N–H and O–H groups in total. The molecule has 1 aliphatic rings. The second-order valence-corrected chi connectivity index (χ2v) is 4.03. The van der Waals surface area contributed by atoms with E-state index in [4.69, 9.17) is 0 Å². The van der Waals surface area contributed by atoms with E-state index in [0.717, 1.165) is 30.4 Å². The van der Waals surface area contributed by atoms with E-state index in [9.17, 15) is 0 Å². The lowest BCUT2D eigenvalue weighted by Crippen LogP contribution is -2.08. The van der Waals surface area contributed by atoms with E-state index in [1.165, 1.54) is 12.8 Å². The fourth-order valence-corrected chi connectivity index (χ4v) is 1.42. The molecule has 1 aromatic rings. The third-order valence-electron chi connectivity index (χ3n) is 2.32. The molecule has 0 bridgehead atoms. The van der Waals surface area contributed by atoms with Gasteiger partial charge < -0.3 is 10.6 Å². The summed E-state index contributed by atoms with van der Waals surface area (Å²) in [5.41, 5.74) is 0. The van der Waals surface area contributed by atoms with Crippen LogP contribution in [-0.2, 0) is 0 Å². The van der Waals surface area contributed by atoms with Gasteiger partial charge in [-0.15, -0.1) is 0 Å². The summed E-state index contributed by atoms with van der Waals surface area (Å²) >= 11 is 0. The predicted molar refractivity (Wildman–Crippen MR) is 62.2 cm³/mol. The first kappa shape index (κ1) is 10.2. The van der Waals surface area contributed by atoms with Crippen molar-refractivity contribution < 1.29 is 0 Å². The van der Waals surface area contributed by atoms with Gasteiger partial charge in [-0.1, -0.05) is 6.92 Å². The van der Waals surface area contributed by atoms with E-state index in [2.05, 4.69) is 27.5 Å². The summed E-state index contributed by atoms with van der Waals surface area (Å²) < 4.78 is 0. The molecule has 0 radical (unpaired) electrons. The van der Waals surface area contributed by atoms with Crippen LogP contribution in [0.1, 0.15) is 32.0 Å². The highest BCUT2D eigenvalue weighted by atomic mass is 15.1. The van der Waals surface area contributed by atoms with Gasteiger partial charge in [0.15, 0.2) is 0 Å². The van der Waals surface area contributed by atoms with Crippen molar-refractivity contribution in [1.82, 2.24) is 9.97 Å². The van der Waals surface area contributed by atoms with Gasteiger partial charge in [-0.25, -0.2) is 9.97 Å². The third kappa shape index (κ3) is 3.08. The normalized spacial score (nSPS) is 15.1. The van der Waals surface area contributed by atoms with Crippen LogP contribution in [0.15, 0.2) is 6.07 Å². The number of nitrogens with one attached hydrogen (secondary N) is 2. The second-order valence-electron chi connectivity index (χ2n) is 4.03. The highest BCUT2D eigenvalue weighted by Crippen LogP contribution is 2.24. The van der Waals surface area contributed by atoms with Crippen molar-refractivity contribution in [3.63, 3.8) is 0 Å². The Hall–Kier alpha value is -1.32. The van der Waals surface area contributed by atoms with Gasteiger partial charge in [0.1, 0.15) is 17.5 Å². The molecule has 1 aliphatic carbocycles. The Labute approximate surface area is 90.5 Å². The van der Waals surface area contributed by atoms with Crippen molar-refractivity contribution in [2.24, 2.45) is 0 Å². The summed E-state index contributed by atoms with van der Waals surface area (Å²) in [6.45, 7) is 5.03. The first-order valence-corrected chi connectivity index (χ1v) is 5.64. The largest absolute Gasteiger partial charge is 0.370 e. The van der Waals surface area contributed by atoms with Gasteiger partial charge in [0.05, 0.1) is 0 Å². The lowest BCUT2D eigenvalue weighted by molar-refractivity contribution is 0.951. The number of hydrogen-bond acceptors (Lipinski definition) is 4. The second kappa shape index (κ2) is 4.47. The Bertz CT molecular complexity index is 333. The molecule has 4 nitrogen and oxygen atoms in total. The predicted octanol–water partition coefficient (Wildman–Crippen LogP) is 2.18. The number of anilines is 2. The number of hydrogen-bond donors (Lipinski definition) is 2. The number of rotatable bonds is 5. The van der Waals surface area contributed by atoms with Crippen molar-refractivity contribution in [3.05, 3.63) is 11.9 Å². The number of aryl methyl sites for hydroxylation is 1. The highest BCUT2D eigenvalue weighted by molar-refractivity contribution is 5.48. The minimum absolute atomic E-state index is 0.637. The zero-order valence-electron chi connectivity index (χ0n) is 9.38. The Morgan fingerprint density at radius 2 is 2.07 bits per heavy atom. The molecule has 82 valence electrons. The van der Waals surface area contributed by atoms with E-state index >= 15 is 0 Å². The van der Waals surface area contributed by atoms with Crippen molar-refractivity contribution >= 4 is 11.6 Å². The molecule has 1 fully saturated rings. The summed E-state index contributed by atoms with van der Waals surface area (Å²) in [7, 11) is 0. The molecule has 1 saturated carbocycles. The van der Waals surface area contributed by atoms with Crippen LogP contribution in [0, 0.1) is 6.92 Å². The van der Waals surface area contributed by atoms with Gasteiger partial charge in [-0.05, 0) is 26.2 Å². The van der Waals surface area contributed by atoms with Crippen LogP contribution in [0.2, 0.25) is 0 Å². The van der Waals surface area contributed by atoms with E-state index in [0.29, 0.717) is 6.04 Å². The summed E-state index contributed by atoms with van der Waals surface area (Å²) in [6, 6.07) is 2.62. The van der Waals surface area contributed by atoms with Crippen LogP contribution in [0.5, 0.6) is 0 Å². The zero-order chi connectivity index (χ0) is 10.7. The SMILES string of the molecule is CCCNc1cc(NC2CC2)nc(C)n1. The minimum Gasteiger partial charge on any atom is -0.370 e. The summed E-state index contributed by atoms with van der Waals surface area (Å²) in [6.07, 6.45) is 3.63. The summed E-state index contributed by atoms with van der Waals surface area (Å²) in [5.74, 6) is 2.69. The van der Waals surface area contributed by atoms with Crippen LogP contribution in [-0.4, -0.2) is 22.6 Å².